The lowest BCUT2D eigenvalue weighted by molar-refractivity contribution is 0.433. The van der Waals surface area contributed by atoms with Crippen molar-refractivity contribution < 1.29 is 21.9 Å². The average Bonchev–Trinajstić information content (AvgIpc) is 3.36. The van der Waals surface area contributed by atoms with Crippen molar-refractivity contribution in [1.29, 1.82) is 5.26 Å². The third kappa shape index (κ3) is 4.67. The lowest BCUT2D eigenvalue weighted by atomic mass is 10.1. The van der Waals surface area contributed by atoms with E-state index in [1.807, 2.05) is 4.72 Å². The highest BCUT2D eigenvalue weighted by molar-refractivity contribution is 7.92. The van der Waals surface area contributed by atoms with Crippen molar-refractivity contribution in [3.63, 3.8) is 0 Å². The zero-order valence-electron chi connectivity index (χ0n) is 18.6. The lowest BCUT2D eigenvalue weighted by Gasteiger charge is -2.15. The largest absolute Gasteiger partial charge is 0.453 e. The fraction of sp³-hybridized carbons (Fsp3) is 0. The topological polar surface area (TPSA) is 109 Å². The minimum atomic E-state index is -4.63. The Morgan fingerprint density at radius 1 is 0.973 bits per heavy atom. The second-order valence-electron chi connectivity index (χ2n) is 7.64. The number of rotatable bonds is 6. The van der Waals surface area contributed by atoms with Crippen LogP contribution in [0.5, 0.6) is 11.5 Å². The molecule has 0 radical (unpaired) electrons. The smallest absolute Gasteiger partial charge is 0.266 e. The first kappa shape index (κ1) is 24.2. The van der Waals surface area contributed by atoms with Gasteiger partial charge in [0.05, 0.1) is 11.3 Å². The molecule has 2 aromatic carbocycles. The summed E-state index contributed by atoms with van der Waals surface area (Å²) >= 11 is 6.20. The number of nitrogens with zero attached hydrogens (tertiary/aromatic N) is 4. The fourth-order valence-electron chi connectivity index (χ4n) is 3.63. The number of benzene rings is 2. The van der Waals surface area contributed by atoms with E-state index >= 15 is 4.39 Å². The van der Waals surface area contributed by atoms with Gasteiger partial charge in [0.25, 0.3) is 10.0 Å². The number of ether oxygens (including phenoxy) is 1. The van der Waals surface area contributed by atoms with Gasteiger partial charge in [0, 0.05) is 41.3 Å². The van der Waals surface area contributed by atoms with Crippen LogP contribution in [-0.2, 0) is 10.0 Å². The Labute approximate surface area is 214 Å². The summed E-state index contributed by atoms with van der Waals surface area (Å²) < 4.78 is 65.0. The molecule has 8 nitrogen and oxygen atoms in total. The van der Waals surface area contributed by atoms with Crippen molar-refractivity contribution in [3.05, 3.63) is 101 Å². The number of nitrogens with one attached hydrogen (secondary N) is 1. The predicted molar refractivity (Wildman–Crippen MR) is 132 cm³/mol. The maximum atomic E-state index is 15.1. The SMILES string of the molecule is N#Cc1cccnc1NS(=O)(=O)c1cc(F)c(Oc2ccc(Cl)cc2-c2cccc3nccn23)cc1F. The molecule has 0 aliphatic carbocycles. The highest BCUT2D eigenvalue weighted by atomic mass is 35.5. The molecular formula is C25H14ClF2N5O3S. The van der Waals surface area contributed by atoms with Gasteiger partial charge in [-0.25, -0.2) is 27.2 Å². The number of nitriles is 1. The number of pyridine rings is 2. The Balaban J connectivity index is 1.52. The van der Waals surface area contributed by atoms with E-state index in [0.29, 0.717) is 34.1 Å². The van der Waals surface area contributed by atoms with Gasteiger partial charge in [0.1, 0.15) is 28.2 Å². The second kappa shape index (κ2) is 9.50. The quantitative estimate of drug-likeness (QED) is 0.293. The van der Waals surface area contributed by atoms with E-state index in [0.717, 1.165) is 0 Å². The van der Waals surface area contributed by atoms with Gasteiger partial charge in [-0.2, -0.15) is 5.26 Å². The molecule has 0 aliphatic heterocycles. The van der Waals surface area contributed by atoms with Crippen molar-refractivity contribution in [1.82, 2.24) is 14.4 Å². The van der Waals surface area contributed by atoms with Gasteiger partial charge in [-0.05, 0) is 42.5 Å². The minimum Gasteiger partial charge on any atom is -0.453 e. The molecule has 12 heteroatoms. The molecule has 5 aromatic rings. The Bertz CT molecular complexity index is 1820. The van der Waals surface area contributed by atoms with E-state index in [1.165, 1.54) is 30.5 Å². The molecule has 0 saturated carbocycles. The van der Waals surface area contributed by atoms with Gasteiger partial charge in [-0.15, -0.1) is 0 Å². The summed E-state index contributed by atoms with van der Waals surface area (Å²) in [6.07, 6.45) is 4.58. The number of hydrogen-bond acceptors (Lipinski definition) is 6. The number of aromatic nitrogens is 3. The van der Waals surface area contributed by atoms with E-state index in [4.69, 9.17) is 21.6 Å². The third-order valence-electron chi connectivity index (χ3n) is 5.30. The Hall–Kier alpha value is -4.53. The molecule has 0 aliphatic rings. The number of fused-ring (bicyclic) bond motifs is 1. The molecule has 0 amide bonds. The van der Waals surface area contributed by atoms with Crippen LogP contribution in [0.25, 0.3) is 16.9 Å². The van der Waals surface area contributed by atoms with Gasteiger partial charge < -0.3 is 4.74 Å². The van der Waals surface area contributed by atoms with Crippen molar-refractivity contribution >= 4 is 33.1 Å². The van der Waals surface area contributed by atoms with Crippen molar-refractivity contribution in [3.8, 4) is 28.8 Å². The molecule has 0 fully saturated rings. The van der Waals surface area contributed by atoms with E-state index in [-0.39, 0.29) is 17.1 Å². The highest BCUT2D eigenvalue weighted by Gasteiger charge is 2.25. The van der Waals surface area contributed by atoms with E-state index in [2.05, 4.69) is 9.97 Å². The summed E-state index contributed by atoms with van der Waals surface area (Å²) in [6.45, 7) is 0. The number of hydrogen-bond donors (Lipinski definition) is 1. The zero-order valence-corrected chi connectivity index (χ0v) is 20.1. The molecular weight excluding hydrogens is 524 g/mol. The van der Waals surface area contributed by atoms with Crippen LogP contribution in [0.2, 0.25) is 5.02 Å². The van der Waals surface area contributed by atoms with Crippen molar-refractivity contribution in [2.24, 2.45) is 0 Å². The monoisotopic (exact) mass is 537 g/mol. The van der Waals surface area contributed by atoms with Gasteiger partial charge >= 0.3 is 0 Å². The molecule has 37 heavy (non-hydrogen) atoms. The summed E-state index contributed by atoms with van der Waals surface area (Å²) in [4.78, 5) is 7.03. The zero-order chi connectivity index (χ0) is 26.2. The van der Waals surface area contributed by atoms with Crippen LogP contribution in [0.4, 0.5) is 14.6 Å². The van der Waals surface area contributed by atoms with Crippen LogP contribution in [-0.4, -0.2) is 22.8 Å². The number of sulfonamides is 1. The first-order chi connectivity index (χ1) is 17.8. The summed E-state index contributed by atoms with van der Waals surface area (Å²) in [7, 11) is -4.63. The molecule has 0 unspecified atom stereocenters. The third-order valence-corrected chi connectivity index (χ3v) is 6.89. The van der Waals surface area contributed by atoms with Crippen LogP contribution in [0.3, 0.4) is 0 Å². The van der Waals surface area contributed by atoms with E-state index in [9.17, 15) is 12.8 Å². The maximum Gasteiger partial charge on any atom is 0.266 e. The molecule has 0 atom stereocenters. The molecule has 0 spiro atoms. The summed E-state index contributed by atoms with van der Waals surface area (Å²) in [5.41, 5.74) is 1.65. The lowest BCUT2D eigenvalue weighted by Crippen LogP contribution is -2.17. The van der Waals surface area contributed by atoms with Crippen molar-refractivity contribution in [2.75, 3.05) is 4.72 Å². The average molecular weight is 538 g/mol. The van der Waals surface area contributed by atoms with Gasteiger partial charge in [0.2, 0.25) is 0 Å². The molecule has 5 rings (SSSR count). The van der Waals surface area contributed by atoms with E-state index < -0.39 is 32.3 Å². The molecule has 0 saturated heterocycles. The maximum absolute atomic E-state index is 15.1. The van der Waals surface area contributed by atoms with Gasteiger partial charge in [-0.1, -0.05) is 17.7 Å². The molecule has 0 bridgehead atoms. The molecule has 1 N–H and O–H groups in total. The fourth-order valence-corrected chi connectivity index (χ4v) is 4.90. The van der Waals surface area contributed by atoms with Gasteiger partial charge in [-0.3, -0.25) is 9.12 Å². The first-order valence-electron chi connectivity index (χ1n) is 10.5. The normalized spacial score (nSPS) is 11.3. The van der Waals surface area contributed by atoms with Crippen LogP contribution >= 0.6 is 11.6 Å². The van der Waals surface area contributed by atoms with Crippen LogP contribution in [0.1, 0.15) is 5.56 Å². The predicted octanol–water partition coefficient (Wildman–Crippen LogP) is 5.79. The number of imidazole rings is 1. The highest BCUT2D eigenvalue weighted by Crippen LogP contribution is 2.37. The summed E-state index contributed by atoms with van der Waals surface area (Å²) in [5.74, 6) is -3.13. The molecule has 3 aromatic heterocycles. The van der Waals surface area contributed by atoms with Crippen LogP contribution in [0, 0.1) is 23.0 Å². The van der Waals surface area contributed by atoms with Crippen LogP contribution in [0.15, 0.2) is 84.1 Å². The van der Waals surface area contributed by atoms with Crippen LogP contribution < -0.4 is 9.46 Å². The van der Waals surface area contributed by atoms with Gasteiger partial charge in [0.15, 0.2) is 17.4 Å². The Morgan fingerprint density at radius 3 is 2.62 bits per heavy atom. The summed E-state index contributed by atoms with van der Waals surface area (Å²) in [5, 5.41) is 9.52. The Morgan fingerprint density at radius 2 is 1.81 bits per heavy atom. The first-order valence-corrected chi connectivity index (χ1v) is 12.4. The number of anilines is 1. The van der Waals surface area contributed by atoms with Crippen molar-refractivity contribution in [2.45, 2.75) is 4.90 Å². The summed E-state index contributed by atoms with van der Waals surface area (Å²) in [6, 6.07) is 15.6. The second-order valence-corrected chi connectivity index (χ2v) is 9.73. The number of halogens is 3. The minimum absolute atomic E-state index is 0.0879. The molecule has 184 valence electrons. The van der Waals surface area contributed by atoms with E-state index in [1.54, 1.807) is 47.1 Å². The standard InChI is InChI=1S/C25H14ClF2N5O3S/c26-16-6-7-21(17(11-16)20-4-1-5-24-30-9-10-33(20)24)36-22-12-19(28)23(13-18(22)27)37(34,35)32-25-15(14-29)3-2-8-31-25/h1-13H,(H,31,32). The Kier molecular flexibility index (Phi) is 6.20. The molecule has 3 heterocycles.